The van der Waals surface area contributed by atoms with Gasteiger partial charge in [-0.05, 0) is 38.4 Å². The van der Waals surface area contributed by atoms with Crippen molar-refractivity contribution in [2.75, 3.05) is 5.75 Å². The van der Waals surface area contributed by atoms with Crippen LogP contribution in [-0.2, 0) is 4.79 Å². The zero-order valence-corrected chi connectivity index (χ0v) is 7.95. The maximum Gasteiger partial charge on any atom is 0.129 e. The molecule has 1 fully saturated rings. The fourth-order valence-corrected chi connectivity index (χ4v) is 2.78. The van der Waals surface area contributed by atoms with Crippen molar-refractivity contribution in [1.82, 2.24) is 0 Å². The van der Waals surface area contributed by atoms with Gasteiger partial charge in [-0.25, -0.2) is 0 Å². The summed E-state index contributed by atoms with van der Waals surface area (Å²) in [6.07, 6.45) is 5.91. The molecule has 1 rings (SSSR count). The van der Waals surface area contributed by atoms with Gasteiger partial charge in [0.15, 0.2) is 0 Å². The zero-order chi connectivity index (χ0) is 8.10. The molecule has 2 heteroatoms. The van der Waals surface area contributed by atoms with Crippen LogP contribution in [0.1, 0.15) is 39.0 Å². The summed E-state index contributed by atoms with van der Waals surface area (Å²) in [7, 11) is 0. The van der Waals surface area contributed by atoms with E-state index < -0.39 is 0 Å². The van der Waals surface area contributed by atoms with E-state index >= 15 is 0 Å². The molecule has 0 aliphatic carbocycles. The molecule has 0 aromatic carbocycles. The molecule has 0 N–H and O–H groups in total. The molecule has 1 heterocycles. The number of thioether (sulfide) groups is 1. The third kappa shape index (κ3) is 3.80. The van der Waals surface area contributed by atoms with Crippen molar-refractivity contribution in [3.8, 4) is 0 Å². The van der Waals surface area contributed by atoms with E-state index in [2.05, 4.69) is 11.8 Å². The highest BCUT2D eigenvalue weighted by atomic mass is 32.2. The molecule has 1 atom stereocenters. The van der Waals surface area contributed by atoms with Crippen LogP contribution in [-0.4, -0.2) is 16.8 Å². The molecule has 0 saturated carbocycles. The monoisotopic (exact) mass is 172 g/mol. The molecule has 11 heavy (non-hydrogen) atoms. The Labute approximate surface area is 72.9 Å². The number of rotatable bonds is 4. The third-order valence-electron chi connectivity index (χ3n) is 2.08. The van der Waals surface area contributed by atoms with Crippen LogP contribution in [0, 0.1) is 0 Å². The van der Waals surface area contributed by atoms with Crippen molar-refractivity contribution in [2.45, 2.75) is 44.3 Å². The van der Waals surface area contributed by atoms with Gasteiger partial charge in [0.05, 0.1) is 0 Å². The number of Topliss-reactive ketones (excluding diaryl/α,β-unsaturated/α-hetero) is 1. The van der Waals surface area contributed by atoms with Gasteiger partial charge in [0.1, 0.15) is 5.78 Å². The van der Waals surface area contributed by atoms with Crippen molar-refractivity contribution in [3.63, 3.8) is 0 Å². The first-order chi connectivity index (χ1) is 5.29. The Hall–Kier alpha value is 0.0200. The SMILES string of the molecule is CC(=O)CCCC1CCCS1. The molecule has 1 aliphatic rings. The Morgan fingerprint density at radius 1 is 1.64 bits per heavy atom. The highest BCUT2D eigenvalue weighted by Gasteiger charge is 2.14. The van der Waals surface area contributed by atoms with Crippen LogP contribution in [0.5, 0.6) is 0 Å². The van der Waals surface area contributed by atoms with Crippen molar-refractivity contribution < 1.29 is 4.79 Å². The van der Waals surface area contributed by atoms with E-state index in [1.165, 1.54) is 25.0 Å². The molecule has 64 valence electrons. The average molecular weight is 172 g/mol. The number of hydrogen-bond acceptors (Lipinski definition) is 2. The van der Waals surface area contributed by atoms with Gasteiger partial charge >= 0.3 is 0 Å². The van der Waals surface area contributed by atoms with Crippen LogP contribution in [0.4, 0.5) is 0 Å². The number of carbonyl (C=O) groups is 1. The van der Waals surface area contributed by atoms with Gasteiger partial charge in [-0.15, -0.1) is 0 Å². The summed E-state index contributed by atoms with van der Waals surface area (Å²) in [4.78, 5) is 10.6. The van der Waals surface area contributed by atoms with Crippen LogP contribution >= 0.6 is 11.8 Å². The van der Waals surface area contributed by atoms with Crippen molar-refractivity contribution in [3.05, 3.63) is 0 Å². The first-order valence-electron chi connectivity index (χ1n) is 4.40. The molecule has 1 saturated heterocycles. The second kappa shape index (κ2) is 4.81. The lowest BCUT2D eigenvalue weighted by Gasteiger charge is -2.05. The third-order valence-corrected chi connectivity index (χ3v) is 3.55. The fourth-order valence-electron chi connectivity index (χ4n) is 1.45. The second-order valence-electron chi connectivity index (χ2n) is 3.23. The van der Waals surface area contributed by atoms with Crippen molar-refractivity contribution in [2.24, 2.45) is 0 Å². The standard InChI is InChI=1S/C9H16OS/c1-8(10)4-2-5-9-6-3-7-11-9/h9H,2-7H2,1H3. The highest BCUT2D eigenvalue weighted by Crippen LogP contribution is 2.29. The van der Waals surface area contributed by atoms with E-state index in [1.807, 2.05) is 0 Å². The lowest BCUT2D eigenvalue weighted by molar-refractivity contribution is -0.117. The molecule has 1 nitrogen and oxygen atoms in total. The Morgan fingerprint density at radius 3 is 3.00 bits per heavy atom. The molecule has 0 bridgehead atoms. The smallest absolute Gasteiger partial charge is 0.129 e. The number of carbonyl (C=O) groups excluding carboxylic acids is 1. The van der Waals surface area contributed by atoms with Crippen LogP contribution in [0.3, 0.4) is 0 Å². The second-order valence-corrected chi connectivity index (χ2v) is 4.64. The van der Waals surface area contributed by atoms with Gasteiger partial charge in [-0.3, -0.25) is 0 Å². The summed E-state index contributed by atoms with van der Waals surface area (Å²) >= 11 is 2.08. The maximum absolute atomic E-state index is 10.6. The predicted octanol–water partition coefficient (Wildman–Crippen LogP) is 2.64. The molecule has 0 aromatic heterocycles. The molecular formula is C9H16OS. The van der Waals surface area contributed by atoms with E-state index in [1.54, 1.807) is 6.92 Å². The van der Waals surface area contributed by atoms with E-state index in [0.717, 1.165) is 18.1 Å². The van der Waals surface area contributed by atoms with Crippen molar-refractivity contribution >= 4 is 17.5 Å². The molecule has 0 radical (unpaired) electrons. The van der Waals surface area contributed by atoms with Gasteiger partial charge in [-0.1, -0.05) is 0 Å². The molecule has 0 amide bonds. The van der Waals surface area contributed by atoms with Crippen LogP contribution < -0.4 is 0 Å². The zero-order valence-electron chi connectivity index (χ0n) is 7.14. The summed E-state index contributed by atoms with van der Waals surface area (Å²) in [5.41, 5.74) is 0. The summed E-state index contributed by atoms with van der Waals surface area (Å²) in [5.74, 6) is 1.68. The maximum atomic E-state index is 10.6. The van der Waals surface area contributed by atoms with Gasteiger partial charge in [0, 0.05) is 11.7 Å². The molecular weight excluding hydrogens is 156 g/mol. The summed E-state index contributed by atoms with van der Waals surface area (Å²) in [6.45, 7) is 1.68. The molecule has 0 spiro atoms. The lowest BCUT2D eigenvalue weighted by Crippen LogP contribution is -1.98. The number of hydrogen-bond donors (Lipinski definition) is 0. The first-order valence-corrected chi connectivity index (χ1v) is 5.45. The topological polar surface area (TPSA) is 17.1 Å². The molecule has 1 aliphatic heterocycles. The van der Waals surface area contributed by atoms with E-state index in [4.69, 9.17) is 0 Å². The van der Waals surface area contributed by atoms with Gasteiger partial charge in [-0.2, -0.15) is 11.8 Å². The van der Waals surface area contributed by atoms with Gasteiger partial charge < -0.3 is 4.79 Å². The minimum absolute atomic E-state index is 0.341. The van der Waals surface area contributed by atoms with Gasteiger partial charge in [0.25, 0.3) is 0 Å². The Morgan fingerprint density at radius 2 is 2.45 bits per heavy atom. The average Bonchev–Trinajstić information content (AvgIpc) is 2.39. The van der Waals surface area contributed by atoms with Crippen molar-refractivity contribution in [1.29, 1.82) is 0 Å². The summed E-state index contributed by atoms with van der Waals surface area (Å²) < 4.78 is 0. The quantitative estimate of drug-likeness (QED) is 0.648. The Bertz CT molecular complexity index is 128. The fraction of sp³-hybridized carbons (Fsp3) is 0.889. The Balaban J connectivity index is 1.98. The molecule has 0 aromatic rings. The summed E-state index contributed by atoms with van der Waals surface area (Å²) in [6, 6.07) is 0. The largest absolute Gasteiger partial charge is 0.300 e. The highest BCUT2D eigenvalue weighted by molar-refractivity contribution is 8.00. The molecule has 1 unspecified atom stereocenters. The van der Waals surface area contributed by atoms with E-state index in [9.17, 15) is 4.79 Å². The lowest BCUT2D eigenvalue weighted by atomic mass is 10.1. The van der Waals surface area contributed by atoms with Crippen LogP contribution in [0.15, 0.2) is 0 Å². The Kier molecular flexibility index (Phi) is 3.98. The van der Waals surface area contributed by atoms with Crippen LogP contribution in [0.2, 0.25) is 0 Å². The normalized spacial score (nSPS) is 23.9. The van der Waals surface area contributed by atoms with E-state index in [0.29, 0.717) is 5.78 Å². The van der Waals surface area contributed by atoms with E-state index in [-0.39, 0.29) is 0 Å². The van der Waals surface area contributed by atoms with Crippen LogP contribution in [0.25, 0.3) is 0 Å². The van der Waals surface area contributed by atoms with Gasteiger partial charge in [0.2, 0.25) is 0 Å². The predicted molar refractivity (Wildman–Crippen MR) is 50.0 cm³/mol. The minimum Gasteiger partial charge on any atom is -0.300 e. The summed E-state index contributed by atoms with van der Waals surface area (Å²) in [5, 5.41) is 0.870. The first kappa shape index (κ1) is 9.11. The number of ketones is 1. The minimum atomic E-state index is 0.341.